The summed E-state index contributed by atoms with van der Waals surface area (Å²) in [6.07, 6.45) is 3.57. The van der Waals surface area contributed by atoms with Gasteiger partial charge in [-0.1, -0.05) is 286 Å². The molecule has 0 spiro atoms. The van der Waals surface area contributed by atoms with Gasteiger partial charge in [0, 0.05) is 68.0 Å². The van der Waals surface area contributed by atoms with Gasteiger partial charge in [-0.05, 0) is 299 Å². The maximum atomic E-state index is 7.61. The topological polar surface area (TPSA) is 212 Å². The summed E-state index contributed by atoms with van der Waals surface area (Å²) in [7, 11) is 0. The van der Waals surface area contributed by atoms with E-state index < -0.39 is 0 Å². The van der Waals surface area contributed by atoms with Crippen LogP contribution < -0.4 is 38.4 Å². The molecule has 0 amide bonds. The van der Waals surface area contributed by atoms with Crippen molar-refractivity contribution < 1.29 is 45.2 Å². The molecule has 2 aliphatic rings. The molecule has 0 unspecified atom stereocenters. The molecule has 17 aromatic rings. The molecule has 18 nitrogen and oxygen atoms in total. The molecule has 0 saturated heterocycles. The van der Waals surface area contributed by atoms with Crippen LogP contribution in [0, 0.1) is 0 Å². The van der Waals surface area contributed by atoms with E-state index in [9.17, 15) is 0 Å². The molecule has 19 heteroatoms. The quantitative estimate of drug-likeness (QED) is 0.0821. The van der Waals surface area contributed by atoms with E-state index >= 15 is 0 Å². The van der Waals surface area contributed by atoms with Crippen molar-refractivity contribution in [1.82, 2.24) is 59.8 Å². The largest absolute Gasteiger partial charge is 2.00 e. The molecule has 2 aliphatic heterocycles. The predicted molar refractivity (Wildman–Crippen MR) is 599 cm³/mol. The number of nitrogens with zero attached hydrogens (tertiary/aromatic N) is 12. The molecular weight excluding hydrogens is 1860 g/mol. The van der Waals surface area contributed by atoms with Gasteiger partial charge in [-0.15, -0.1) is 0 Å². The molecular formula is C128H140CoN12O6. The van der Waals surface area contributed by atoms with E-state index in [2.05, 4.69) is 358 Å². The van der Waals surface area contributed by atoms with E-state index in [1.54, 1.807) is 12.4 Å². The van der Waals surface area contributed by atoms with Crippen molar-refractivity contribution in [3.8, 4) is 115 Å². The number of pyridine rings is 2. The molecule has 8 heterocycles. The number of fused-ring (bicyclic) bond motifs is 27. The zero-order valence-electron chi connectivity index (χ0n) is 92.6. The Bertz CT molecular complexity index is 7750. The standard InChI is InChI=1S/C128H140N12O6.Co/c1-117(2,3)69-43-70(118(4,5)6)50-81(49-69)141-99-63-91-93(65-101(99)143-83-53-73(121(13,14)15)45-74(54-83)122(16,17)18)113-136-111(91)134-109-89-61-97-98(132-108-88-40-38-42-130-106(88)105-87(107(108)131-97)39-37-41-129-105)62-90(89)110(133-109)135-112-92-64-100(142-82-51-71(119(7,8)9)44-72(52-82)120(10,11)12)102(144-84-55-75(123(19,20)21)46-76(56-84)124(22,23)24)66-94(92)114(137-112)139-116-96-68-104(146-86-59-79(127(31,32)33)48-80(60-86)128(34,35)36)103(67-95(96)115(138-113)140-116)145-85-57-77(125(25,26)27)47-78(58-85)126(28,29)30;/h37-68H,1-36H3;/q-2;+2. The van der Waals surface area contributed by atoms with Crippen LogP contribution in [0.5, 0.6) is 69.0 Å². The third-order valence-corrected chi connectivity index (χ3v) is 28.2. The number of hydrogen-bond acceptors (Lipinski definition) is 16. The van der Waals surface area contributed by atoms with Gasteiger partial charge in [0.2, 0.25) is 0 Å². The molecule has 6 aromatic heterocycles. The van der Waals surface area contributed by atoms with Crippen LogP contribution in [0.4, 0.5) is 0 Å². The van der Waals surface area contributed by atoms with Crippen LogP contribution in [0.25, 0.3) is 134 Å². The molecule has 19 rings (SSSR count). The third-order valence-electron chi connectivity index (χ3n) is 28.2. The Morgan fingerprint density at radius 3 is 0.544 bits per heavy atom. The molecule has 1 radical (unpaired) electrons. The van der Waals surface area contributed by atoms with Gasteiger partial charge in [0.1, 0.15) is 34.5 Å². The zero-order chi connectivity index (χ0) is 105. The first-order valence-electron chi connectivity index (χ1n) is 51.3. The minimum atomic E-state index is -0.280. The van der Waals surface area contributed by atoms with Crippen molar-refractivity contribution in [2.45, 2.75) is 314 Å². The van der Waals surface area contributed by atoms with Crippen molar-refractivity contribution in [3.63, 3.8) is 0 Å². The fourth-order valence-corrected chi connectivity index (χ4v) is 18.6. The van der Waals surface area contributed by atoms with Gasteiger partial charge in [0.05, 0.1) is 56.4 Å². The number of benzene rings is 11. The Labute approximate surface area is 877 Å². The SMILES string of the molecule is CC(C)(C)c1cc(Oc2cc3c(cc2Oc2cc(C(C)(C)C)cc(C(C)(C)C)c2)-c2nc-3nc3[n-]c(nc4nc(nc5[n-]c(n2)c2cc6nc7c8cccnc8c8ncccc8c7nc6cc52)-c2cc(Oc5cc(C(C)(C)C)cc(C(C)(C)C)c5)c(Oc5cc(C(C)(C)C)cc(C(C)(C)C)c5)cc2-4)c2cc(Oc4cc(C(C)(C)C)cc(C(C)(C)C)c4)c(Oc4cc(C(C)(C)C)cc(C(C)(C)C)c4)cc32)cc(C(C)(C)C)c1.[Co+2]. The second kappa shape index (κ2) is 35.9. The van der Waals surface area contributed by atoms with Gasteiger partial charge in [-0.2, -0.15) is 0 Å². The average molecular weight is 2000 g/mol. The van der Waals surface area contributed by atoms with Crippen LogP contribution in [-0.2, 0) is 81.8 Å². The summed E-state index contributed by atoms with van der Waals surface area (Å²) >= 11 is 0. The number of ether oxygens (including phenoxy) is 6. The van der Waals surface area contributed by atoms with E-state index in [1.807, 2.05) is 72.8 Å². The first kappa shape index (κ1) is 103. The van der Waals surface area contributed by atoms with E-state index in [4.69, 9.17) is 88.2 Å². The predicted octanol–water partition coefficient (Wildman–Crippen LogP) is 34.6. The minimum Gasteiger partial charge on any atom is -0.453 e. The van der Waals surface area contributed by atoms with Gasteiger partial charge < -0.3 is 58.3 Å². The average Bonchev–Trinajstić information content (AvgIpc) is 1.70. The van der Waals surface area contributed by atoms with Gasteiger partial charge in [0.15, 0.2) is 34.5 Å². The summed E-state index contributed by atoms with van der Waals surface area (Å²) in [4.78, 5) is 67.3. The molecule has 147 heavy (non-hydrogen) atoms. The van der Waals surface area contributed by atoms with Crippen molar-refractivity contribution in [2.24, 2.45) is 0 Å². The summed E-state index contributed by atoms with van der Waals surface area (Å²) < 4.78 is 45.5. The molecule has 8 bridgehead atoms. The maximum Gasteiger partial charge on any atom is 2.00 e. The molecule has 11 aromatic carbocycles. The van der Waals surface area contributed by atoms with Gasteiger partial charge in [0.25, 0.3) is 0 Å². The van der Waals surface area contributed by atoms with Crippen molar-refractivity contribution in [1.29, 1.82) is 0 Å². The number of aromatic nitrogens is 12. The summed E-state index contributed by atoms with van der Waals surface area (Å²) in [5.74, 6) is 7.03. The summed E-state index contributed by atoms with van der Waals surface area (Å²) in [5, 5.41) is 3.88. The summed E-state index contributed by atoms with van der Waals surface area (Å²) in [6, 6.07) is 63.3. The molecule has 0 saturated carbocycles. The monoisotopic (exact) mass is 2000 g/mol. The second-order valence-electron chi connectivity index (χ2n) is 52.7. The fourth-order valence-electron chi connectivity index (χ4n) is 18.6. The summed E-state index contributed by atoms with van der Waals surface area (Å²) in [5.41, 5.74) is 17.0. The van der Waals surface area contributed by atoms with Crippen LogP contribution in [-0.4, -0.2) is 49.8 Å². The second-order valence-corrected chi connectivity index (χ2v) is 52.7. The first-order valence-corrected chi connectivity index (χ1v) is 51.3. The Kier molecular flexibility index (Phi) is 25.3. The smallest absolute Gasteiger partial charge is 0.453 e. The molecule has 0 N–H and O–H groups in total. The van der Waals surface area contributed by atoms with Crippen molar-refractivity contribution in [3.05, 3.63) is 261 Å². The maximum absolute atomic E-state index is 7.61. The molecule has 0 atom stereocenters. The van der Waals surface area contributed by atoms with Crippen LogP contribution in [0.1, 0.15) is 316 Å². The van der Waals surface area contributed by atoms with Gasteiger partial charge in [-0.3, -0.25) is 9.97 Å². The molecule has 0 aliphatic carbocycles. The van der Waals surface area contributed by atoms with E-state index in [0.29, 0.717) is 146 Å². The van der Waals surface area contributed by atoms with Crippen LogP contribution in [0.2, 0.25) is 0 Å². The molecule has 757 valence electrons. The van der Waals surface area contributed by atoms with E-state index in [-0.39, 0.29) is 128 Å². The summed E-state index contributed by atoms with van der Waals surface area (Å²) in [6.45, 7) is 80.4. The van der Waals surface area contributed by atoms with Crippen LogP contribution in [0.3, 0.4) is 0 Å². The van der Waals surface area contributed by atoms with Gasteiger partial charge >= 0.3 is 16.8 Å². The van der Waals surface area contributed by atoms with Crippen LogP contribution in [0.15, 0.2) is 194 Å². The first-order chi connectivity index (χ1) is 67.7. The van der Waals surface area contributed by atoms with Crippen LogP contribution >= 0.6 is 0 Å². The Hall–Kier alpha value is -13.5. The Balaban J connectivity index is 0.0000142. The normalized spacial score (nSPS) is 13.3. The van der Waals surface area contributed by atoms with Gasteiger partial charge in [-0.25, -0.2) is 19.9 Å². The Morgan fingerprint density at radius 2 is 0.361 bits per heavy atom. The zero-order valence-corrected chi connectivity index (χ0v) is 93.7. The minimum absolute atomic E-state index is 0. The van der Waals surface area contributed by atoms with E-state index in [1.165, 1.54) is 0 Å². The molecule has 0 fully saturated rings. The van der Waals surface area contributed by atoms with Crippen molar-refractivity contribution >= 4 is 88.0 Å². The van der Waals surface area contributed by atoms with E-state index in [0.717, 1.165) is 77.5 Å². The van der Waals surface area contributed by atoms with Crippen molar-refractivity contribution in [2.75, 3.05) is 0 Å². The fraction of sp³-hybridized carbons (Fsp3) is 0.375. The third kappa shape index (κ3) is 20.9. The Morgan fingerprint density at radius 1 is 0.184 bits per heavy atom. The number of rotatable bonds is 12. The number of hydrogen-bond donors (Lipinski definition) is 0.